The van der Waals surface area contributed by atoms with Gasteiger partial charge in [-0.1, -0.05) is 77.1 Å². The van der Waals surface area contributed by atoms with Crippen molar-refractivity contribution >= 4 is 45.4 Å². The van der Waals surface area contributed by atoms with Crippen LogP contribution in [0.15, 0.2) is 72.0 Å². The highest BCUT2D eigenvalue weighted by atomic mass is 32.2. The predicted molar refractivity (Wildman–Crippen MR) is 303 cm³/mol. The Labute approximate surface area is 479 Å². The maximum absolute atomic E-state index is 14.6. The molecule has 0 aromatic carbocycles. The second kappa shape index (κ2) is 32.7. The Morgan fingerprint density at radius 1 is 0.901 bits per heavy atom. The van der Waals surface area contributed by atoms with E-state index >= 15 is 0 Å². The Hall–Kier alpha value is -5.00. The molecule has 1 aromatic rings. The molecule has 81 heavy (non-hydrogen) atoms. The van der Waals surface area contributed by atoms with Crippen LogP contribution in [0.25, 0.3) is 0 Å². The molecule has 4 N–H and O–H groups in total. The number of Topliss-reactive ketones (excluding diaryl/α,β-unsaturated/α-hetero) is 3. The molecule has 2 bridgehead atoms. The zero-order valence-electron chi connectivity index (χ0n) is 49.3. The molecule has 15 atom stereocenters. The number of nitrogens with one attached hydrogen (secondary N) is 1. The van der Waals surface area contributed by atoms with E-state index in [0.717, 1.165) is 11.3 Å². The first-order valence-corrected chi connectivity index (χ1v) is 30.3. The molecule has 0 spiro atoms. The van der Waals surface area contributed by atoms with E-state index in [2.05, 4.69) is 10.3 Å². The summed E-state index contributed by atoms with van der Waals surface area (Å²) in [6.07, 6.45) is 13.0. The van der Waals surface area contributed by atoms with Crippen molar-refractivity contribution < 1.29 is 80.4 Å². The summed E-state index contributed by atoms with van der Waals surface area (Å²) in [4.78, 5) is 89.8. The summed E-state index contributed by atoms with van der Waals surface area (Å²) in [5.41, 5.74) is 2.08. The molecule has 2 amide bonds. The van der Waals surface area contributed by atoms with Crippen LogP contribution < -0.4 is 5.32 Å². The molecule has 5 rings (SSSR count). The minimum atomic E-state index is -3.67. The average molecular weight is 1160 g/mol. The maximum atomic E-state index is 14.6. The van der Waals surface area contributed by atoms with Gasteiger partial charge in [0.1, 0.15) is 36.2 Å². The fourth-order valence-electron chi connectivity index (χ4n) is 11.3. The van der Waals surface area contributed by atoms with Gasteiger partial charge >= 0.3 is 12.1 Å². The number of cyclic esters (lactones) is 1. The van der Waals surface area contributed by atoms with E-state index in [1.807, 2.05) is 76.3 Å². The number of hydrogen-bond donors (Lipinski definition) is 4. The largest absolute Gasteiger partial charge is 0.460 e. The van der Waals surface area contributed by atoms with Crippen LogP contribution in [-0.4, -0.2) is 164 Å². The van der Waals surface area contributed by atoms with Crippen molar-refractivity contribution in [2.45, 2.75) is 186 Å². The van der Waals surface area contributed by atoms with Gasteiger partial charge in [0.25, 0.3) is 21.8 Å². The fraction of sp³-hybridized carbons (Fsp3) is 0.683. The molecule has 4 aliphatic rings. The predicted octanol–water partition coefficient (Wildman–Crippen LogP) is 7.06. The number of carbonyl (C=O) groups is 6. The SMILES string of the molecule is CO[C@H]1C[C@@H]2CC[C@@H](C)[C@@](O)(O2)C(=O)C(=O)N2CCCC[C@H]2C(=O)O[C@H]([C@H](C)CC2CC[C@H](OC(=O)NCCc3ccccn3)[C@@H](OC)C2)CC(=O)[C@H](C)/C=C(\C)[C@@H](O)[C@@H](OC)C(=O)[C@H](C)C[C@H](C)\C=C/C=C/C=C/1C.CS(=O)(=O)O. The van der Waals surface area contributed by atoms with Crippen molar-refractivity contribution in [3.05, 3.63) is 77.7 Å². The van der Waals surface area contributed by atoms with Crippen LogP contribution in [0.4, 0.5) is 4.79 Å². The zero-order valence-corrected chi connectivity index (χ0v) is 50.1. The van der Waals surface area contributed by atoms with Crippen molar-refractivity contribution in [2.24, 2.45) is 35.5 Å². The number of methoxy groups -OCH3 is 3. The van der Waals surface area contributed by atoms with E-state index in [1.54, 1.807) is 47.3 Å². The lowest BCUT2D eigenvalue weighted by molar-refractivity contribution is -0.265. The number of ether oxygens (including phenoxy) is 6. The monoisotopic (exact) mass is 1160 g/mol. The van der Waals surface area contributed by atoms with Gasteiger partial charge in [-0.3, -0.25) is 28.7 Å². The van der Waals surface area contributed by atoms with Crippen molar-refractivity contribution in [3.8, 4) is 0 Å². The third-order valence-corrected chi connectivity index (χ3v) is 16.1. The molecule has 1 aliphatic carbocycles. The summed E-state index contributed by atoms with van der Waals surface area (Å²) in [5, 5.41) is 26.4. The second-order valence-electron chi connectivity index (χ2n) is 22.7. The molecule has 0 radical (unpaired) electrons. The maximum Gasteiger partial charge on any atom is 0.407 e. The third-order valence-electron chi connectivity index (χ3n) is 16.1. The lowest BCUT2D eigenvalue weighted by Gasteiger charge is -2.42. The number of amides is 2. The highest BCUT2D eigenvalue weighted by Gasteiger charge is 2.53. The summed E-state index contributed by atoms with van der Waals surface area (Å²) in [6.45, 7) is 13.0. The van der Waals surface area contributed by atoms with Crippen LogP contribution in [0.5, 0.6) is 0 Å². The number of aromatic nitrogens is 1. The minimum absolute atomic E-state index is 0.00205. The molecule has 1 aromatic heterocycles. The number of ketones is 3. The summed E-state index contributed by atoms with van der Waals surface area (Å²) in [6, 6.07) is 4.42. The molecule has 3 aliphatic heterocycles. The zero-order chi connectivity index (χ0) is 60.2. The second-order valence-corrected chi connectivity index (χ2v) is 24.2. The number of aliphatic hydroxyl groups excluding tert-OH is 1. The van der Waals surface area contributed by atoms with Gasteiger partial charge in [0.05, 0.1) is 24.6 Å². The average Bonchev–Trinajstić information content (AvgIpc) is 3.48. The van der Waals surface area contributed by atoms with Crippen LogP contribution in [0, 0.1) is 35.5 Å². The molecule has 20 nitrogen and oxygen atoms in total. The Morgan fingerprint density at radius 3 is 2.27 bits per heavy atom. The number of rotatable bonds is 10. The Kier molecular flexibility index (Phi) is 27.7. The van der Waals surface area contributed by atoms with Gasteiger partial charge in [0.2, 0.25) is 5.79 Å². The summed E-state index contributed by atoms with van der Waals surface area (Å²) < 4.78 is 61.6. The van der Waals surface area contributed by atoms with Gasteiger partial charge in [-0.15, -0.1) is 0 Å². The van der Waals surface area contributed by atoms with Crippen molar-refractivity contribution in [1.82, 2.24) is 15.2 Å². The summed E-state index contributed by atoms with van der Waals surface area (Å²) >= 11 is 0. The van der Waals surface area contributed by atoms with Crippen molar-refractivity contribution in [3.63, 3.8) is 0 Å². The van der Waals surface area contributed by atoms with Crippen molar-refractivity contribution in [2.75, 3.05) is 40.7 Å². The topological polar surface area (TPSA) is 281 Å². The molecule has 21 heteroatoms. The first-order chi connectivity index (χ1) is 38.2. The number of allylic oxidation sites excluding steroid dienone is 6. The van der Waals surface area contributed by atoms with Gasteiger partial charge in [0.15, 0.2) is 5.78 Å². The number of esters is 1. The minimum Gasteiger partial charge on any atom is -0.460 e. The van der Waals surface area contributed by atoms with Crippen LogP contribution in [0.3, 0.4) is 0 Å². The van der Waals surface area contributed by atoms with Gasteiger partial charge in [0, 0.05) is 83.3 Å². The van der Waals surface area contributed by atoms with Crippen LogP contribution in [-0.2, 0) is 68.9 Å². The van der Waals surface area contributed by atoms with E-state index < -0.39 is 112 Å². The molecule has 4 heterocycles. The van der Waals surface area contributed by atoms with E-state index in [0.29, 0.717) is 89.0 Å². The Bertz CT molecular complexity index is 2480. The standard InChI is InChI=1S/C59H87N3O14.CH4O3S/c1-36-18-12-11-13-19-37(2)49(71-8)34-45-24-22-42(7)59(70,76-45)55(66)56(67)62-29-17-15-21-46(62)57(68)74-50(35-47(63)38(3)31-41(6)53(65)54(73-10)52(64)40(5)30-36)39(4)32-43-23-25-48(51(33-43)72-9)75-58(69)61-28-26-44-20-14-16-27-60-44;1-5(2,3)4/h11-14,16,18-20,27,31,36,38-40,42-43,45-46,48-51,53-54,65,70H,15,17,21-26,28-30,32-35H2,1-10H3,(H,61,69);1H3,(H,2,3,4)/b13-11+,18-12-,37-19+,41-31+;/t36-,38-,39-,40-,42-,43?,45+,46+,48+,49+,50+,51+,53-,54+,59-;/m1./s1. The van der Waals surface area contributed by atoms with Crippen LogP contribution in [0.1, 0.15) is 131 Å². The molecule has 1 unspecified atom stereocenters. The van der Waals surface area contributed by atoms with Gasteiger partial charge < -0.3 is 48.9 Å². The molecule has 2 saturated heterocycles. The van der Waals surface area contributed by atoms with E-state index in [-0.39, 0.29) is 42.8 Å². The normalized spacial score (nSPS) is 34.6. The molecular formula is C60H91N3O17S. The number of piperidine rings is 1. The Morgan fingerprint density at radius 2 is 1.62 bits per heavy atom. The molecule has 3 fully saturated rings. The van der Waals surface area contributed by atoms with Gasteiger partial charge in [-0.25, -0.2) is 9.59 Å². The highest BCUT2D eigenvalue weighted by Crippen LogP contribution is 2.38. The van der Waals surface area contributed by atoms with E-state index in [9.17, 15) is 47.4 Å². The number of nitrogens with zero attached hydrogens (tertiary/aromatic N) is 2. The lowest BCUT2D eigenvalue weighted by Crippen LogP contribution is -2.61. The smallest absolute Gasteiger partial charge is 0.407 e. The molecular weight excluding hydrogens is 1070 g/mol. The summed E-state index contributed by atoms with van der Waals surface area (Å²) in [5.74, 6) is -8.34. The first kappa shape index (κ1) is 68.5. The number of fused-ring (bicyclic) bond motifs is 3. The molecule has 1 saturated carbocycles. The third kappa shape index (κ3) is 21.3. The van der Waals surface area contributed by atoms with Crippen molar-refractivity contribution in [1.29, 1.82) is 0 Å². The highest BCUT2D eigenvalue weighted by molar-refractivity contribution is 7.85. The number of aliphatic hydroxyl groups is 2. The lowest BCUT2D eigenvalue weighted by atomic mass is 9.78. The van der Waals surface area contributed by atoms with Gasteiger partial charge in [-0.2, -0.15) is 8.42 Å². The number of alkyl carbamates (subject to hydrolysis) is 1. The van der Waals surface area contributed by atoms with Crippen LogP contribution >= 0.6 is 0 Å². The quantitative estimate of drug-likeness (QED) is 0.0790. The number of hydrogen-bond acceptors (Lipinski definition) is 17. The van der Waals surface area contributed by atoms with Gasteiger partial charge in [-0.05, 0) is 119 Å². The summed E-state index contributed by atoms with van der Waals surface area (Å²) in [7, 11) is 0.852. The van der Waals surface area contributed by atoms with E-state index in [1.165, 1.54) is 12.0 Å². The Balaban J connectivity index is 0.00000270. The first-order valence-electron chi connectivity index (χ1n) is 28.5. The van der Waals surface area contributed by atoms with E-state index in [4.69, 9.17) is 33.0 Å². The fourth-order valence-corrected chi connectivity index (χ4v) is 11.3. The number of carbonyl (C=O) groups excluding carboxylic acids is 6. The molecule has 454 valence electrons. The number of pyridine rings is 1. The van der Waals surface area contributed by atoms with Crippen LogP contribution in [0.2, 0.25) is 0 Å².